The molecule has 1 atom stereocenters. The molecule has 112 valence electrons. The molecule has 1 amide bonds. The van der Waals surface area contributed by atoms with Gasteiger partial charge in [-0.1, -0.05) is 13.8 Å². The summed E-state index contributed by atoms with van der Waals surface area (Å²) in [6.45, 7) is 10.8. The lowest BCUT2D eigenvalue weighted by Crippen LogP contribution is -2.51. The second-order valence-corrected chi connectivity index (χ2v) is 5.69. The molecule has 0 radical (unpaired) electrons. The minimum atomic E-state index is 0.117. The van der Waals surface area contributed by atoms with Crippen molar-refractivity contribution in [3.8, 4) is 0 Å². The predicted octanol–water partition coefficient (Wildman–Crippen LogP) is 1.99. The van der Waals surface area contributed by atoms with Crippen LogP contribution in [-0.2, 0) is 0 Å². The van der Waals surface area contributed by atoms with Gasteiger partial charge in [0.25, 0.3) is 5.91 Å². The summed E-state index contributed by atoms with van der Waals surface area (Å²) >= 11 is 0. The van der Waals surface area contributed by atoms with E-state index in [1.165, 1.54) is 0 Å². The van der Waals surface area contributed by atoms with Gasteiger partial charge in [-0.25, -0.2) is 0 Å². The third-order valence-corrected chi connectivity index (χ3v) is 4.02. The summed E-state index contributed by atoms with van der Waals surface area (Å²) in [5.74, 6) is 0.117. The number of amides is 1. The molecule has 1 saturated heterocycles. The van der Waals surface area contributed by atoms with Gasteiger partial charge >= 0.3 is 0 Å². The summed E-state index contributed by atoms with van der Waals surface area (Å²) in [5.41, 5.74) is 1.66. The maximum absolute atomic E-state index is 12.8. The Kier molecular flexibility index (Phi) is 4.81. The second-order valence-electron chi connectivity index (χ2n) is 5.69. The summed E-state index contributed by atoms with van der Waals surface area (Å²) in [6.07, 6.45) is 1.99. The second kappa shape index (κ2) is 6.39. The number of nitrogens with one attached hydrogen (secondary N) is 1. The van der Waals surface area contributed by atoms with Crippen molar-refractivity contribution in [1.82, 2.24) is 20.0 Å². The molecule has 1 N–H and O–H groups in total. The van der Waals surface area contributed by atoms with Gasteiger partial charge in [-0.05, 0) is 32.8 Å². The van der Waals surface area contributed by atoms with E-state index in [0.29, 0.717) is 12.1 Å². The summed E-state index contributed by atoms with van der Waals surface area (Å²) in [7, 11) is 0. The maximum Gasteiger partial charge on any atom is 0.272 e. The van der Waals surface area contributed by atoms with E-state index in [1.54, 1.807) is 0 Å². The van der Waals surface area contributed by atoms with Gasteiger partial charge < -0.3 is 10.2 Å². The zero-order chi connectivity index (χ0) is 14.7. The molecule has 0 unspecified atom stereocenters. The first-order chi connectivity index (χ1) is 9.56. The summed E-state index contributed by atoms with van der Waals surface area (Å²) in [4.78, 5) is 14.7. The van der Waals surface area contributed by atoms with Crippen LogP contribution in [0.1, 0.15) is 55.8 Å². The zero-order valence-corrected chi connectivity index (χ0v) is 13.0. The number of nitrogens with zero attached hydrogens (tertiary/aromatic N) is 3. The molecule has 5 heteroatoms. The molecule has 1 aromatic rings. The lowest BCUT2D eigenvalue weighted by molar-refractivity contribution is 0.0693. The molecule has 0 spiro atoms. The van der Waals surface area contributed by atoms with Crippen LogP contribution in [0.15, 0.2) is 6.07 Å². The SMILES string of the molecule is CCC(CC)n1nc(C)cc1C(=O)N1CCN[C@H](C)C1. The highest BCUT2D eigenvalue weighted by Crippen LogP contribution is 2.20. The van der Waals surface area contributed by atoms with Crippen molar-refractivity contribution >= 4 is 5.91 Å². The van der Waals surface area contributed by atoms with Crippen molar-refractivity contribution < 1.29 is 4.79 Å². The molecule has 0 aromatic carbocycles. The molecule has 5 nitrogen and oxygen atoms in total. The van der Waals surface area contributed by atoms with Gasteiger partial charge in [0.2, 0.25) is 0 Å². The van der Waals surface area contributed by atoms with Crippen molar-refractivity contribution in [2.45, 2.75) is 52.6 Å². The molecular weight excluding hydrogens is 252 g/mol. The standard InChI is InChI=1S/C15H26N4O/c1-5-13(6-2)19-14(9-11(3)17-19)15(20)18-8-7-16-12(4)10-18/h9,12-13,16H,5-8,10H2,1-4H3/t12-/m1/s1. The molecular formula is C15H26N4O. The number of piperazine rings is 1. The number of carbonyl (C=O) groups excluding carboxylic acids is 1. The van der Waals surface area contributed by atoms with Gasteiger partial charge in [-0.15, -0.1) is 0 Å². The fraction of sp³-hybridized carbons (Fsp3) is 0.733. The molecule has 2 heterocycles. The van der Waals surface area contributed by atoms with E-state index in [9.17, 15) is 4.79 Å². The number of carbonyl (C=O) groups is 1. The first-order valence-electron chi connectivity index (χ1n) is 7.65. The van der Waals surface area contributed by atoms with E-state index < -0.39 is 0 Å². The van der Waals surface area contributed by atoms with Crippen molar-refractivity contribution in [1.29, 1.82) is 0 Å². The van der Waals surface area contributed by atoms with E-state index in [0.717, 1.165) is 43.9 Å². The monoisotopic (exact) mass is 278 g/mol. The fourth-order valence-electron chi connectivity index (χ4n) is 2.87. The fourth-order valence-corrected chi connectivity index (χ4v) is 2.87. The highest BCUT2D eigenvalue weighted by molar-refractivity contribution is 5.93. The van der Waals surface area contributed by atoms with Crippen LogP contribution in [0, 0.1) is 6.92 Å². The number of aromatic nitrogens is 2. The summed E-state index contributed by atoms with van der Waals surface area (Å²) in [5, 5.41) is 7.91. The van der Waals surface area contributed by atoms with Crippen LogP contribution in [0.3, 0.4) is 0 Å². The van der Waals surface area contributed by atoms with Crippen molar-refractivity contribution in [3.63, 3.8) is 0 Å². The Labute approximate surface area is 121 Å². The van der Waals surface area contributed by atoms with Gasteiger partial charge in [0, 0.05) is 25.7 Å². The third kappa shape index (κ3) is 3.03. The molecule has 0 aliphatic carbocycles. The average molecular weight is 278 g/mol. The topological polar surface area (TPSA) is 50.2 Å². The van der Waals surface area contributed by atoms with Crippen molar-refractivity contribution in [2.75, 3.05) is 19.6 Å². The third-order valence-electron chi connectivity index (χ3n) is 4.02. The molecule has 1 aliphatic rings. The van der Waals surface area contributed by atoms with E-state index >= 15 is 0 Å². The molecule has 20 heavy (non-hydrogen) atoms. The molecule has 0 saturated carbocycles. The number of hydrogen-bond acceptors (Lipinski definition) is 3. The molecule has 1 fully saturated rings. The average Bonchev–Trinajstić information content (AvgIpc) is 2.81. The van der Waals surface area contributed by atoms with Crippen LogP contribution in [0.25, 0.3) is 0 Å². The molecule has 1 aliphatic heterocycles. The minimum absolute atomic E-state index is 0.117. The Morgan fingerprint density at radius 1 is 1.50 bits per heavy atom. The Morgan fingerprint density at radius 3 is 2.80 bits per heavy atom. The van der Waals surface area contributed by atoms with Gasteiger partial charge in [0.05, 0.1) is 11.7 Å². The Balaban J connectivity index is 2.25. The van der Waals surface area contributed by atoms with Crippen LogP contribution in [0.5, 0.6) is 0 Å². The highest BCUT2D eigenvalue weighted by atomic mass is 16.2. The van der Waals surface area contributed by atoms with E-state index in [4.69, 9.17) is 0 Å². The highest BCUT2D eigenvalue weighted by Gasteiger charge is 2.26. The van der Waals surface area contributed by atoms with E-state index in [1.807, 2.05) is 22.6 Å². The number of rotatable bonds is 4. The van der Waals surface area contributed by atoms with Crippen LogP contribution >= 0.6 is 0 Å². The first-order valence-corrected chi connectivity index (χ1v) is 7.65. The summed E-state index contributed by atoms with van der Waals surface area (Å²) < 4.78 is 1.93. The predicted molar refractivity (Wildman–Crippen MR) is 80.0 cm³/mol. The maximum atomic E-state index is 12.8. The lowest BCUT2D eigenvalue weighted by Gasteiger charge is -2.32. The van der Waals surface area contributed by atoms with Gasteiger partial charge in [-0.3, -0.25) is 9.48 Å². The molecule has 1 aromatic heterocycles. The minimum Gasteiger partial charge on any atom is -0.334 e. The van der Waals surface area contributed by atoms with Crippen molar-refractivity contribution in [2.24, 2.45) is 0 Å². The van der Waals surface area contributed by atoms with Crippen molar-refractivity contribution in [3.05, 3.63) is 17.5 Å². The zero-order valence-electron chi connectivity index (χ0n) is 13.0. The lowest BCUT2D eigenvalue weighted by atomic mass is 10.1. The Hall–Kier alpha value is -1.36. The van der Waals surface area contributed by atoms with Gasteiger partial charge in [0.15, 0.2) is 0 Å². The quantitative estimate of drug-likeness (QED) is 0.916. The largest absolute Gasteiger partial charge is 0.334 e. The first kappa shape index (κ1) is 15.0. The Bertz CT molecular complexity index is 464. The van der Waals surface area contributed by atoms with Crippen LogP contribution in [-0.4, -0.2) is 46.3 Å². The smallest absolute Gasteiger partial charge is 0.272 e. The van der Waals surface area contributed by atoms with Gasteiger partial charge in [-0.2, -0.15) is 5.10 Å². The number of hydrogen-bond donors (Lipinski definition) is 1. The van der Waals surface area contributed by atoms with E-state index in [-0.39, 0.29) is 5.91 Å². The van der Waals surface area contributed by atoms with Crippen LogP contribution in [0.4, 0.5) is 0 Å². The summed E-state index contributed by atoms with van der Waals surface area (Å²) in [6, 6.07) is 2.59. The molecule has 0 bridgehead atoms. The van der Waals surface area contributed by atoms with Gasteiger partial charge in [0.1, 0.15) is 5.69 Å². The Morgan fingerprint density at radius 2 is 2.20 bits per heavy atom. The normalized spacial score (nSPS) is 19.6. The van der Waals surface area contributed by atoms with Crippen LogP contribution in [0.2, 0.25) is 0 Å². The number of aryl methyl sites for hydroxylation is 1. The van der Waals surface area contributed by atoms with E-state index in [2.05, 4.69) is 31.2 Å². The molecule has 2 rings (SSSR count). The van der Waals surface area contributed by atoms with Crippen LogP contribution < -0.4 is 5.32 Å².